The minimum absolute atomic E-state index is 0.484. The number of nitrogens with zero attached hydrogens (tertiary/aromatic N) is 1. The Labute approximate surface area is 115 Å². The van der Waals surface area contributed by atoms with Crippen LogP contribution in [0.4, 0.5) is 0 Å². The number of Topliss-reactive ketones (excluding diaryl/α,β-unsaturated/α-hetero) is 1. The van der Waals surface area contributed by atoms with E-state index in [2.05, 4.69) is 35.2 Å². The van der Waals surface area contributed by atoms with Crippen LogP contribution in [0.1, 0.15) is 44.1 Å². The van der Waals surface area contributed by atoms with Gasteiger partial charge in [-0.1, -0.05) is 30.3 Å². The largest absolute Gasteiger partial charge is 0.300 e. The van der Waals surface area contributed by atoms with E-state index in [1.54, 1.807) is 0 Å². The van der Waals surface area contributed by atoms with Gasteiger partial charge in [0.2, 0.25) is 0 Å². The number of benzene rings is 1. The van der Waals surface area contributed by atoms with Crippen LogP contribution in [0.5, 0.6) is 0 Å². The molecule has 19 heavy (non-hydrogen) atoms. The Bertz CT molecular complexity index is 420. The van der Waals surface area contributed by atoms with Gasteiger partial charge in [0.25, 0.3) is 0 Å². The maximum absolute atomic E-state index is 11.4. The smallest absolute Gasteiger partial charge is 0.132 e. The monoisotopic (exact) mass is 257 g/mol. The fourth-order valence-electron chi connectivity index (χ4n) is 3.59. The van der Waals surface area contributed by atoms with E-state index in [-0.39, 0.29) is 0 Å². The normalized spacial score (nSPS) is 23.7. The van der Waals surface area contributed by atoms with Crippen LogP contribution in [-0.4, -0.2) is 23.8 Å². The molecule has 0 aromatic heterocycles. The van der Waals surface area contributed by atoms with E-state index in [9.17, 15) is 4.79 Å². The minimum Gasteiger partial charge on any atom is -0.300 e. The van der Waals surface area contributed by atoms with Crippen molar-refractivity contribution in [1.82, 2.24) is 4.90 Å². The number of likely N-dealkylation sites (tertiary alicyclic amines) is 1. The second-order valence-electron chi connectivity index (χ2n) is 6.30. The highest BCUT2D eigenvalue weighted by atomic mass is 16.1. The van der Waals surface area contributed by atoms with Crippen LogP contribution < -0.4 is 0 Å². The summed E-state index contributed by atoms with van der Waals surface area (Å²) in [5.74, 6) is 0.484. The van der Waals surface area contributed by atoms with E-state index in [4.69, 9.17) is 0 Å². The molecule has 0 unspecified atom stereocenters. The van der Waals surface area contributed by atoms with Crippen LogP contribution in [0, 0.1) is 5.41 Å². The lowest BCUT2D eigenvalue weighted by molar-refractivity contribution is -0.123. The summed E-state index contributed by atoms with van der Waals surface area (Å²) in [5, 5.41) is 0. The second kappa shape index (κ2) is 5.46. The van der Waals surface area contributed by atoms with Crippen LogP contribution in [0.3, 0.4) is 0 Å². The maximum atomic E-state index is 11.4. The predicted octanol–water partition coefficient (Wildman–Crippen LogP) is 3.41. The maximum Gasteiger partial charge on any atom is 0.132 e. The van der Waals surface area contributed by atoms with E-state index in [0.717, 1.165) is 32.2 Å². The Hall–Kier alpha value is -1.15. The van der Waals surface area contributed by atoms with Crippen LogP contribution >= 0.6 is 0 Å². The lowest BCUT2D eigenvalue weighted by Gasteiger charge is -2.44. The summed E-state index contributed by atoms with van der Waals surface area (Å²) in [6, 6.07) is 10.7. The van der Waals surface area contributed by atoms with Crippen LogP contribution in [0.15, 0.2) is 30.3 Å². The molecular formula is C17H23NO. The summed E-state index contributed by atoms with van der Waals surface area (Å²) in [6.45, 7) is 3.47. The molecule has 1 saturated carbocycles. The first kappa shape index (κ1) is 12.9. The predicted molar refractivity (Wildman–Crippen MR) is 76.9 cm³/mol. The third kappa shape index (κ3) is 3.06. The number of ketones is 1. The highest BCUT2D eigenvalue weighted by Crippen LogP contribution is 2.43. The molecular weight excluding hydrogens is 234 g/mol. The van der Waals surface area contributed by atoms with Crippen LogP contribution in [0.25, 0.3) is 0 Å². The zero-order valence-electron chi connectivity index (χ0n) is 11.6. The topological polar surface area (TPSA) is 20.3 Å². The van der Waals surface area contributed by atoms with Crippen molar-refractivity contribution >= 4 is 5.78 Å². The molecule has 0 radical (unpaired) electrons. The summed E-state index contributed by atoms with van der Waals surface area (Å²) in [6.07, 6.45) is 6.52. The van der Waals surface area contributed by atoms with Crippen LogP contribution in [0.2, 0.25) is 0 Å². The number of hydrogen-bond acceptors (Lipinski definition) is 2. The number of piperidine rings is 1. The zero-order chi connectivity index (χ0) is 13.1. The first-order valence-corrected chi connectivity index (χ1v) is 7.54. The van der Waals surface area contributed by atoms with Gasteiger partial charge in [0.15, 0.2) is 0 Å². The molecule has 1 aliphatic heterocycles. The zero-order valence-corrected chi connectivity index (χ0v) is 11.6. The van der Waals surface area contributed by atoms with E-state index in [0.29, 0.717) is 11.2 Å². The molecule has 1 saturated heterocycles. The van der Waals surface area contributed by atoms with Crippen molar-refractivity contribution in [3.05, 3.63) is 35.9 Å². The Morgan fingerprint density at radius 3 is 2.21 bits per heavy atom. The van der Waals surface area contributed by atoms with Crippen molar-refractivity contribution in [2.75, 3.05) is 13.1 Å². The van der Waals surface area contributed by atoms with E-state index in [1.165, 1.54) is 31.5 Å². The summed E-state index contributed by atoms with van der Waals surface area (Å²) in [4.78, 5) is 14.0. The Kier molecular flexibility index (Phi) is 3.69. The lowest BCUT2D eigenvalue weighted by Crippen LogP contribution is -2.41. The molecule has 2 nitrogen and oxygen atoms in total. The third-order valence-corrected chi connectivity index (χ3v) is 5.03. The molecule has 1 heterocycles. The van der Waals surface area contributed by atoms with Gasteiger partial charge in [-0.3, -0.25) is 9.69 Å². The molecule has 1 aromatic rings. The number of rotatable bonds is 2. The molecule has 0 bridgehead atoms. The number of carbonyl (C=O) groups excluding carboxylic acids is 1. The molecule has 0 N–H and O–H groups in total. The molecule has 2 fully saturated rings. The van der Waals surface area contributed by atoms with Gasteiger partial charge in [0, 0.05) is 19.4 Å². The van der Waals surface area contributed by atoms with Crippen molar-refractivity contribution in [2.45, 2.75) is 45.1 Å². The first-order chi connectivity index (χ1) is 9.26. The van der Waals surface area contributed by atoms with Gasteiger partial charge in [0.1, 0.15) is 5.78 Å². The van der Waals surface area contributed by atoms with Gasteiger partial charge in [0.05, 0.1) is 0 Å². The standard InChI is InChI=1S/C17H23NO/c19-16-6-8-17(9-7-16)10-12-18(13-11-17)14-15-4-2-1-3-5-15/h1-5H,6-14H2. The minimum atomic E-state index is 0.484. The molecule has 2 aliphatic rings. The Morgan fingerprint density at radius 1 is 0.947 bits per heavy atom. The molecule has 0 amide bonds. The third-order valence-electron chi connectivity index (χ3n) is 5.03. The molecule has 1 aromatic carbocycles. The summed E-state index contributed by atoms with van der Waals surface area (Å²) >= 11 is 0. The summed E-state index contributed by atoms with van der Waals surface area (Å²) in [7, 11) is 0. The fourth-order valence-corrected chi connectivity index (χ4v) is 3.59. The van der Waals surface area contributed by atoms with E-state index >= 15 is 0 Å². The lowest BCUT2D eigenvalue weighted by atomic mass is 9.68. The molecule has 0 atom stereocenters. The summed E-state index contributed by atoms with van der Waals surface area (Å²) < 4.78 is 0. The fraction of sp³-hybridized carbons (Fsp3) is 0.588. The quantitative estimate of drug-likeness (QED) is 0.809. The first-order valence-electron chi connectivity index (χ1n) is 7.54. The molecule has 3 rings (SSSR count). The average molecular weight is 257 g/mol. The van der Waals surface area contributed by atoms with Gasteiger partial charge in [-0.15, -0.1) is 0 Å². The Morgan fingerprint density at radius 2 is 1.58 bits per heavy atom. The van der Waals surface area contributed by atoms with Gasteiger partial charge in [-0.05, 0) is 49.8 Å². The van der Waals surface area contributed by atoms with Gasteiger partial charge in [-0.25, -0.2) is 0 Å². The number of hydrogen-bond donors (Lipinski definition) is 0. The van der Waals surface area contributed by atoms with Crippen molar-refractivity contribution < 1.29 is 4.79 Å². The highest BCUT2D eigenvalue weighted by Gasteiger charge is 2.37. The van der Waals surface area contributed by atoms with Crippen molar-refractivity contribution in [1.29, 1.82) is 0 Å². The molecule has 2 heteroatoms. The van der Waals surface area contributed by atoms with Crippen LogP contribution in [-0.2, 0) is 11.3 Å². The Balaban J connectivity index is 1.53. The molecule has 1 spiro atoms. The van der Waals surface area contributed by atoms with Crippen molar-refractivity contribution in [3.63, 3.8) is 0 Å². The van der Waals surface area contributed by atoms with E-state index in [1.807, 2.05) is 0 Å². The van der Waals surface area contributed by atoms with Gasteiger partial charge >= 0.3 is 0 Å². The highest BCUT2D eigenvalue weighted by molar-refractivity contribution is 5.79. The average Bonchev–Trinajstić information content (AvgIpc) is 2.46. The molecule has 102 valence electrons. The second-order valence-corrected chi connectivity index (χ2v) is 6.30. The molecule has 1 aliphatic carbocycles. The van der Waals surface area contributed by atoms with E-state index < -0.39 is 0 Å². The number of carbonyl (C=O) groups is 1. The SMILES string of the molecule is O=C1CCC2(CC1)CCN(Cc1ccccc1)CC2. The summed E-state index contributed by atoms with van der Waals surface area (Å²) in [5.41, 5.74) is 1.92. The van der Waals surface area contributed by atoms with Gasteiger partial charge < -0.3 is 0 Å². The van der Waals surface area contributed by atoms with Crippen molar-refractivity contribution in [2.24, 2.45) is 5.41 Å². The van der Waals surface area contributed by atoms with Gasteiger partial charge in [-0.2, -0.15) is 0 Å². The van der Waals surface area contributed by atoms with Crippen molar-refractivity contribution in [3.8, 4) is 0 Å².